The second-order valence-corrected chi connectivity index (χ2v) is 3.50. The lowest BCUT2D eigenvalue weighted by molar-refractivity contribution is 0.199. The van der Waals surface area contributed by atoms with Crippen LogP contribution in [0.1, 0.15) is 43.9 Å². The molecule has 0 aliphatic rings. The molecule has 0 aromatic heterocycles. The van der Waals surface area contributed by atoms with Crippen LogP contribution in [0.25, 0.3) is 0 Å². The fourth-order valence-electron chi connectivity index (χ4n) is 1.18. The Bertz CT molecular complexity index is 228. The highest BCUT2D eigenvalue weighted by molar-refractivity contribution is 5.26. The first-order valence-electron chi connectivity index (χ1n) is 4.39. The fourth-order valence-corrected chi connectivity index (χ4v) is 1.18. The third-order valence-electron chi connectivity index (χ3n) is 2.06. The fraction of sp³-hybridized carbons (Fsp3) is 0.455. The first-order chi connectivity index (χ1) is 5.61. The van der Waals surface area contributed by atoms with Gasteiger partial charge >= 0.3 is 0 Å². The molecule has 0 amide bonds. The predicted molar refractivity (Wildman–Crippen MR) is 51.2 cm³/mol. The monoisotopic (exact) mass is 164 g/mol. The van der Waals surface area contributed by atoms with Crippen molar-refractivity contribution >= 4 is 0 Å². The van der Waals surface area contributed by atoms with E-state index >= 15 is 0 Å². The van der Waals surface area contributed by atoms with Gasteiger partial charge in [0.1, 0.15) is 0 Å². The van der Waals surface area contributed by atoms with Crippen molar-refractivity contribution in [3.05, 3.63) is 35.4 Å². The van der Waals surface area contributed by atoms with Crippen molar-refractivity contribution in [2.75, 3.05) is 0 Å². The van der Waals surface area contributed by atoms with Crippen LogP contribution in [0.5, 0.6) is 0 Å². The normalized spacial score (nSPS) is 13.4. The highest BCUT2D eigenvalue weighted by Gasteiger charge is 2.03. The Morgan fingerprint density at radius 3 is 2.17 bits per heavy atom. The molecule has 0 aliphatic carbocycles. The molecule has 1 rings (SSSR count). The third-order valence-corrected chi connectivity index (χ3v) is 2.06. The summed E-state index contributed by atoms with van der Waals surface area (Å²) in [6.45, 7) is 6.10. The van der Waals surface area contributed by atoms with Crippen molar-refractivity contribution in [1.82, 2.24) is 0 Å². The molecular weight excluding hydrogens is 148 g/mol. The molecule has 66 valence electrons. The van der Waals surface area contributed by atoms with Crippen molar-refractivity contribution in [3.8, 4) is 0 Å². The molecule has 1 atom stereocenters. The van der Waals surface area contributed by atoms with Gasteiger partial charge in [-0.15, -0.1) is 0 Å². The molecule has 1 aromatic rings. The third kappa shape index (κ3) is 2.08. The van der Waals surface area contributed by atoms with Crippen LogP contribution < -0.4 is 0 Å². The van der Waals surface area contributed by atoms with Gasteiger partial charge in [-0.25, -0.2) is 0 Å². The molecular formula is C11H16O. The van der Waals surface area contributed by atoms with E-state index < -0.39 is 0 Å². The summed E-state index contributed by atoms with van der Waals surface area (Å²) in [6, 6.07) is 8.11. The van der Waals surface area contributed by atoms with E-state index in [-0.39, 0.29) is 6.10 Å². The van der Waals surface area contributed by atoms with Crippen LogP contribution >= 0.6 is 0 Å². The highest BCUT2D eigenvalue weighted by atomic mass is 16.3. The lowest BCUT2D eigenvalue weighted by atomic mass is 9.99. The van der Waals surface area contributed by atoms with Crippen LogP contribution in [-0.2, 0) is 0 Å². The molecule has 0 bridgehead atoms. The smallest absolute Gasteiger partial charge is 0.0762 e. The van der Waals surface area contributed by atoms with Gasteiger partial charge in [0, 0.05) is 0 Å². The van der Waals surface area contributed by atoms with Crippen LogP contribution in [-0.4, -0.2) is 5.11 Å². The summed E-state index contributed by atoms with van der Waals surface area (Å²) in [5.41, 5.74) is 2.29. The van der Waals surface area contributed by atoms with Crippen molar-refractivity contribution in [1.29, 1.82) is 0 Å². The van der Waals surface area contributed by atoms with E-state index in [4.69, 9.17) is 0 Å². The van der Waals surface area contributed by atoms with Crippen molar-refractivity contribution < 1.29 is 5.11 Å². The summed E-state index contributed by atoms with van der Waals surface area (Å²) in [4.78, 5) is 0. The van der Waals surface area contributed by atoms with Crippen molar-refractivity contribution in [2.45, 2.75) is 32.8 Å². The lowest BCUT2D eigenvalue weighted by Gasteiger charge is -2.09. The van der Waals surface area contributed by atoms with Gasteiger partial charge in [0.05, 0.1) is 6.10 Å². The molecule has 12 heavy (non-hydrogen) atoms. The van der Waals surface area contributed by atoms with Crippen LogP contribution in [0.15, 0.2) is 24.3 Å². The van der Waals surface area contributed by atoms with E-state index in [9.17, 15) is 5.11 Å². The maximum absolute atomic E-state index is 9.33. The van der Waals surface area contributed by atoms with Gasteiger partial charge in [-0.05, 0) is 24.0 Å². The molecule has 1 N–H and O–H groups in total. The van der Waals surface area contributed by atoms with Gasteiger partial charge in [0.2, 0.25) is 0 Å². The number of hydrogen-bond donors (Lipinski definition) is 1. The highest BCUT2D eigenvalue weighted by Crippen LogP contribution is 2.19. The minimum absolute atomic E-state index is 0.358. The van der Waals surface area contributed by atoms with Crippen molar-refractivity contribution in [3.63, 3.8) is 0 Å². The Morgan fingerprint density at radius 2 is 1.67 bits per heavy atom. The summed E-state index contributed by atoms with van der Waals surface area (Å²) in [5.74, 6) is 0.531. The first kappa shape index (κ1) is 9.27. The second-order valence-electron chi connectivity index (χ2n) is 3.50. The summed E-state index contributed by atoms with van der Waals surface area (Å²) in [5, 5.41) is 9.33. The molecule has 0 fully saturated rings. The molecule has 0 radical (unpaired) electrons. The van der Waals surface area contributed by atoms with Gasteiger partial charge in [0.15, 0.2) is 0 Å². The molecule has 0 aliphatic heterocycles. The zero-order valence-corrected chi connectivity index (χ0v) is 7.91. The molecule has 0 spiro atoms. The Balaban J connectivity index is 2.96. The Kier molecular flexibility index (Phi) is 2.88. The minimum Gasteiger partial charge on any atom is -0.389 e. The molecule has 1 heteroatoms. The topological polar surface area (TPSA) is 20.2 Å². The van der Waals surface area contributed by atoms with Gasteiger partial charge in [-0.3, -0.25) is 0 Å². The minimum atomic E-state index is -0.358. The molecule has 0 heterocycles. The van der Waals surface area contributed by atoms with E-state index in [0.29, 0.717) is 5.92 Å². The van der Waals surface area contributed by atoms with Gasteiger partial charge < -0.3 is 5.11 Å². The zero-order valence-electron chi connectivity index (χ0n) is 7.91. The lowest BCUT2D eigenvalue weighted by Crippen LogP contribution is -1.93. The quantitative estimate of drug-likeness (QED) is 0.712. The van der Waals surface area contributed by atoms with E-state index in [1.165, 1.54) is 5.56 Å². The maximum atomic E-state index is 9.33. The Morgan fingerprint density at radius 1 is 1.08 bits per heavy atom. The largest absolute Gasteiger partial charge is 0.389 e. The Labute approximate surface area is 74.1 Å². The standard InChI is InChI=1S/C11H16O/c1-8(2)10-5-4-6-11(7-10)9(3)12/h4-9,12H,1-3H3/t9-/m0/s1. The van der Waals surface area contributed by atoms with Gasteiger partial charge in [0.25, 0.3) is 0 Å². The average Bonchev–Trinajstić information content (AvgIpc) is 2.04. The number of rotatable bonds is 2. The zero-order chi connectivity index (χ0) is 9.14. The number of aliphatic hydroxyl groups excluding tert-OH is 1. The molecule has 0 unspecified atom stereocenters. The maximum Gasteiger partial charge on any atom is 0.0762 e. The Hall–Kier alpha value is -0.820. The second kappa shape index (κ2) is 3.72. The predicted octanol–water partition coefficient (Wildman–Crippen LogP) is 2.86. The van der Waals surface area contributed by atoms with Crippen LogP contribution in [0, 0.1) is 0 Å². The summed E-state index contributed by atoms with van der Waals surface area (Å²) < 4.78 is 0. The average molecular weight is 164 g/mol. The summed E-state index contributed by atoms with van der Waals surface area (Å²) in [7, 11) is 0. The number of benzene rings is 1. The SMILES string of the molecule is CC(C)c1cccc([C@H](C)O)c1. The van der Waals surface area contributed by atoms with Crippen LogP contribution in [0.4, 0.5) is 0 Å². The summed E-state index contributed by atoms with van der Waals surface area (Å²) >= 11 is 0. The molecule has 1 nitrogen and oxygen atoms in total. The summed E-state index contributed by atoms with van der Waals surface area (Å²) in [6.07, 6.45) is -0.358. The number of aliphatic hydroxyl groups is 1. The van der Waals surface area contributed by atoms with E-state index in [1.54, 1.807) is 6.92 Å². The van der Waals surface area contributed by atoms with E-state index in [0.717, 1.165) is 5.56 Å². The van der Waals surface area contributed by atoms with Gasteiger partial charge in [-0.2, -0.15) is 0 Å². The van der Waals surface area contributed by atoms with E-state index in [1.807, 2.05) is 12.1 Å². The van der Waals surface area contributed by atoms with Crippen LogP contribution in [0.2, 0.25) is 0 Å². The molecule has 1 aromatic carbocycles. The van der Waals surface area contributed by atoms with Gasteiger partial charge in [-0.1, -0.05) is 38.1 Å². The van der Waals surface area contributed by atoms with Crippen LogP contribution in [0.3, 0.4) is 0 Å². The first-order valence-corrected chi connectivity index (χ1v) is 4.39. The molecule has 0 saturated carbocycles. The molecule has 0 saturated heterocycles. The van der Waals surface area contributed by atoms with Crippen molar-refractivity contribution in [2.24, 2.45) is 0 Å². The van der Waals surface area contributed by atoms with E-state index in [2.05, 4.69) is 26.0 Å². The number of hydrogen-bond acceptors (Lipinski definition) is 1.